The second-order valence-electron chi connectivity index (χ2n) is 5.77. The molecule has 4 nitrogen and oxygen atoms in total. The van der Waals surface area contributed by atoms with Gasteiger partial charge in [-0.2, -0.15) is 5.10 Å². The van der Waals surface area contributed by atoms with E-state index in [0.29, 0.717) is 11.6 Å². The Labute approximate surface area is 90.3 Å². The SMILES string of the molecule is CC(C)(C)N1C[C@@H]2[C@H](C1)[C@H]2n1cncn1. The number of hydrogen-bond donors (Lipinski definition) is 0. The summed E-state index contributed by atoms with van der Waals surface area (Å²) in [6.07, 6.45) is 3.49. The Bertz CT molecular complexity index is 339. The zero-order chi connectivity index (χ0) is 10.6. The molecule has 1 saturated carbocycles. The highest BCUT2D eigenvalue weighted by Crippen LogP contribution is 2.55. The van der Waals surface area contributed by atoms with Gasteiger partial charge in [-0.3, -0.25) is 4.90 Å². The van der Waals surface area contributed by atoms with Crippen LogP contribution in [0.3, 0.4) is 0 Å². The van der Waals surface area contributed by atoms with Crippen LogP contribution in [0.4, 0.5) is 0 Å². The van der Waals surface area contributed by atoms with Gasteiger partial charge in [-0.05, 0) is 20.8 Å². The Morgan fingerprint density at radius 1 is 1.20 bits per heavy atom. The number of piperidine rings is 1. The molecule has 0 aromatic carbocycles. The first-order valence-corrected chi connectivity index (χ1v) is 5.66. The Morgan fingerprint density at radius 3 is 2.33 bits per heavy atom. The van der Waals surface area contributed by atoms with Crippen molar-refractivity contribution in [1.82, 2.24) is 19.7 Å². The smallest absolute Gasteiger partial charge is 0.137 e. The van der Waals surface area contributed by atoms with Gasteiger partial charge in [-0.15, -0.1) is 0 Å². The number of rotatable bonds is 1. The molecule has 0 bridgehead atoms. The van der Waals surface area contributed by atoms with Gasteiger partial charge >= 0.3 is 0 Å². The van der Waals surface area contributed by atoms with Gasteiger partial charge in [0.1, 0.15) is 12.7 Å². The van der Waals surface area contributed by atoms with Crippen LogP contribution in [0.1, 0.15) is 26.8 Å². The summed E-state index contributed by atoms with van der Waals surface area (Å²) in [6, 6.07) is 0.631. The van der Waals surface area contributed by atoms with Crippen LogP contribution < -0.4 is 0 Å². The molecule has 2 fully saturated rings. The maximum atomic E-state index is 4.23. The molecule has 1 aromatic heterocycles. The second-order valence-corrected chi connectivity index (χ2v) is 5.77. The van der Waals surface area contributed by atoms with E-state index in [9.17, 15) is 0 Å². The fourth-order valence-electron chi connectivity index (χ4n) is 2.81. The Balaban J connectivity index is 1.67. The zero-order valence-corrected chi connectivity index (χ0v) is 9.59. The third kappa shape index (κ3) is 1.39. The molecule has 82 valence electrons. The third-order valence-electron chi connectivity index (χ3n) is 3.84. The molecule has 1 saturated heterocycles. The van der Waals surface area contributed by atoms with E-state index in [0.717, 1.165) is 11.8 Å². The van der Waals surface area contributed by atoms with Gasteiger partial charge in [0.15, 0.2) is 0 Å². The minimum Gasteiger partial charge on any atom is -0.298 e. The van der Waals surface area contributed by atoms with Gasteiger partial charge in [0.2, 0.25) is 0 Å². The fourth-order valence-corrected chi connectivity index (χ4v) is 2.81. The highest BCUT2D eigenvalue weighted by atomic mass is 15.4. The van der Waals surface area contributed by atoms with Gasteiger partial charge < -0.3 is 0 Å². The Hall–Kier alpha value is -0.900. The first-order valence-electron chi connectivity index (χ1n) is 5.66. The molecular weight excluding hydrogens is 188 g/mol. The van der Waals surface area contributed by atoms with Crippen molar-refractivity contribution in [3.8, 4) is 0 Å². The van der Waals surface area contributed by atoms with E-state index in [2.05, 4.69) is 35.8 Å². The van der Waals surface area contributed by atoms with E-state index in [1.807, 2.05) is 11.0 Å². The Morgan fingerprint density at radius 2 is 1.87 bits per heavy atom. The predicted molar refractivity (Wildman–Crippen MR) is 57.4 cm³/mol. The predicted octanol–water partition coefficient (Wildman–Crippen LogP) is 1.18. The number of aromatic nitrogens is 3. The van der Waals surface area contributed by atoms with Gasteiger partial charge in [0, 0.05) is 30.5 Å². The Kier molecular flexibility index (Phi) is 1.75. The minimum absolute atomic E-state index is 0.320. The monoisotopic (exact) mass is 206 g/mol. The van der Waals surface area contributed by atoms with E-state index in [1.54, 1.807) is 6.33 Å². The second kappa shape index (κ2) is 2.82. The summed E-state index contributed by atoms with van der Waals surface area (Å²) in [5.41, 5.74) is 0.320. The third-order valence-corrected chi connectivity index (χ3v) is 3.84. The van der Waals surface area contributed by atoms with Crippen molar-refractivity contribution in [1.29, 1.82) is 0 Å². The summed E-state index contributed by atoms with van der Waals surface area (Å²) >= 11 is 0. The van der Waals surface area contributed by atoms with Gasteiger partial charge in [-0.1, -0.05) is 0 Å². The molecule has 4 heteroatoms. The van der Waals surface area contributed by atoms with Gasteiger partial charge in [0.25, 0.3) is 0 Å². The van der Waals surface area contributed by atoms with Gasteiger partial charge in [-0.25, -0.2) is 9.67 Å². The van der Waals surface area contributed by atoms with E-state index in [4.69, 9.17) is 0 Å². The standard InChI is InChI=1S/C11H18N4/c1-11(2,3)14-4-8-9(5-14)10(8)15-7-12-6-13-15/h6-10H,4-5H2,1-3H3/t8-,9+,10+. The highest BCUT2D eigenvalue weighted by molar-refractivity contribution is 5.09. The normalized spacial score (nSPS) is 35.5. The molecular formula is C11H18N4. The van der Waals surface area contributed by atoms with Crippen LogP contribution in [-0.4, -0.2) is 38.3 Å². The van der Waals surface area contributed by atoms with Crippen molar-refractivity contribution < 1.29 is 0 Å². The van der Waals surface area contributed by atoms with Crippen molar-refractivity contribution in [3.63, 3.8) is 0 Å². The molecule has 2 heterocycles. The summed E-state index contributed by atoms with van der Waals surface area (Å²) in [4.78, 5) is 6.60. The lowest BCUT2D eigenvalue weighted by Crippen LogP contribution is -2.41. The maximum Gasteiger partial charge on any atom is 0.137 e. The topological polar surface area (TPSA) is 34.0 Å². The van der Waals surface area contributed by atoms with E-state index < -0.39 is 0 Å². The molecule has 0 unspecified atom stereocenters. The van der Waals surface area contributed by atoms with Crippen LogP contribution in [0.2, 0.25) is 0 Å². The molecule has 15 heavy (non-hydrogen) atoms. The summed E-state index contributed by atoms with van der Waals surface area (Å²) in [7, 11) is 0. The van der Waals surface area contributed by atoms with E-state index in [-0.39, 0.29) is 0 Å². The van der Waals surface area contributed by atoms with E-state index in [1.165, 1.54) is 13.1 Å². The summed E-state index contributed by atoms with van der Waals surface area (Å²) in [6.45, 7) is 9.32. The largest absolute Gasteiger partial charge is 0.298 e. The molecule has 0 amide bonds. The molecule has 3 rings (SSSR count). The van der Waals surface area contributed by atoms with Crippen molar-refractivity contribution in [2.75, 3.05) is 13.1 Å². The molecule has 0 radical (unpaired) electrons. The van der Waals surface area contributed by atoms with Crippen molar-refractivity contribution in [2.24, 2.45) is 11.8 Å². The number of hydrogen-bond acceptors (Lipinski definition) is 3. The number of likely N-dealkylation sites (tertiary alicyclic amines) is 1. The molecule has 1 aliphatic heterocycles. The van der Waals surface area contributed by atoms with Crippen LogP contribution in [0, 0.1) is 11.8 Å². The lowest BCUT2D eigenvalue weighted by Gasteiger charge is -2.33. The lowest BCUT2D eigenvalue weighted by molar-refractivity contribution is 0.146. The van der Waals surface area contributed by atoms with Crippen LogP contribution in [-0.2, 0) is 0 Å². The fraction of sp³-hybridized carbons (Fsp3) is 0.818. The van der Waals surface area contributed by atoms with Crippen LogP contribution in [0.15, 0.2) is 12.7 Å². The maximum absolute atomic E-state index is 4.23. The summed E-state index contributed by atoms with van der Waals surface area (Å²) in [5, 5.41) is 4.23. The lowest BCUT2D eigenvalue weighted by atomic mass is 10.1. The van der Waals surface area contributed by atoms with Crippen molar-refractivity contribution in [3.05, 3.63) is 12.7 Å². The van der Waals surface area contributed by atoms with Crippen LogP contribution in [0.5, 0.6) is 0 Å². The molecule has 1 aliphatic carbocycles. The number of fused-ring (bicyclic) bond motifs is 1. The molecule has 0 spiro atoms. The number of nitrogens with zero attached hydrogens (tertiary/aromatic N) is 4. The van der Waals surface area contributed by atoms with Crippen molar-refractivity contribution >= 4 is 0 Å². The molecule has 3 atom stereocenters. The first-order chi connectivity index (χ1) is 7.07. The quantitative estimate of drug-likeness (QED) is 0.692. The van der Waals surface area contributed by atoms with Crippen LogP contribution in [0.25, 0.3) is 0 Å². The van der Waals surface area contributed by atoms with Crippen molar-refractivity contribution in [2.45, 2.75) is 32.4 Å². The zero-order valence-electron chi connectivity index (χ0n) is 9.59. The average Bonchev–Trinajstić information content (AvgIpc) is 2.63. The highest BCUT2D eigenvalue weighted by Gasteiger charge is 2.58. The van der Waals surface area contributed by atoms with Crippen LogP contribution >= 0.6 is 0 Å². The molecule has 0 N–H and O–H groups in total. The van der Waals surface area contributed by atoms with E-state index >= 15 is 0 Å². The van der Waals surface area contributed by atoms with Gasteiger partial charge in [0.05, 0.1) is 6.04 Å². The summed E-state index contributed by atoms with van der Waals surface area (Å²) in [5.74, 6) is 1.62. The summed E-state index contributed by atoms with van der Waals surface area (Å²) < 4.78 is 2.04. The first kappa shape index (κ1) is 9.33. The minimum atomic E-state index is 0.320. The average molecular weight is 206 g/mol. The molecule has 2 aliphatic rings. The molecule has 1 aromatic rings.